The molecule has 18 heavy (non-hydrogen) atoms. The molecule has 0 radical (unpaired) electrons. The van der Waals surface area contributed by atoms with Crippen molar-refractivity contribution in [1.82, 2.24) is 4.90 Å². The Kier molecular flexibility index (Phi) is 4.33. The molecule has 0 aromatic heterocycles. The smallest absolute Gasteiger partial charge is 0.321 e. The first kappa shape index (κ1) is 13.1. The Morgan fingerprint density at radius 2 is 2.06 bits per heavy atom. The first-order chi connectivity index (χ1) is 8.68. The Morgan fingerprint density at radius 3 is 2.67 bits per heavy atom. The van der Waals surface area contributed by atoms with E-state index in [4.69, 9.17) is 4.74 Å². The Bertz CT molecular complexity index is 413. The minimum atomic E-state index is -0.750. The molecule has 1 saturated heterocycles. The van der Waals surface area contributed by atoms with Crippen molar-refractivity contribution in [1.29, 1.82) is 0 Å². The molecule has 0 saturated carbocycles. The van der Waals surface area contributed by atoms with Gasteiger partial charge in [-0.3, -0.25) is 9.69 Å². The third-order valence-corrected chi connectivity index (χ3v) is 3.45. The second-order valence-corrected chi connectivity index (χ2v) is 4.63. The van der Waals surface area contributed by atoms with Crippen molar-refractivity contribution < 1.29 is 14.6 Å². The van der Waals surface area contributed by atoms with Crippen LogP contribution in [0.2, 0.25) is 0 Å². The van der Waals surface area contributed by atoms with Gasteiger partial charge in [0.25, 0.3) is 0 Å². The van der Waals surface area contributed by atoms with E-state index in [2.05, 4.69) is 0 Å². The molecule has 1 N–H and O–H groups in total. The third kappa shape index (κ3) is 3.09. The van der Waals surface area contributed by atoms with Crippen LogP contribution in [0.1, 0.15) is 11.1 Å². The fourth-order valence-electron chi connectivity index (χ4n) is 2.31. The van der Waals surface area contributed by atoms with Crippen LogP contribution in [0.4, 0.5) is 0 Å². The number of hydrogen-bond donors (Lipinski definition) is 1. The summed E-state index contributed by atoms with van der Waals surface area (Å²) in [7, 11) is 0. The molecule has 0 bridgehead atoms. The van der Waals surface area contributed by atoms with Gasteiger partial charge in [-0.2, -0.15) is 0 Å². The van der Waals surface area contributed by atoms with Gasteiger partial charge >= 0.3 is 5.97 Å². The van der Waals surface area contributed by atoms with E-state index in [0.29, 0.717) is 32.7 Å². The Labute approximate surface area is 107 Å². The number of benzene rings is 1. The highest BCUT2D eigenvalue weighted by Crippen LogP contribution is 2.14. The van der Waals surface area contributed by atoms with Crippen LogP contribution in [-0.4, -0.2) is 48.3 Å². The molecule has 1 atom stereocenters. The van der Waals surface area contributed by atoms with Gasteiger partial charge in [0.1, 0.15) is 6.04 Å². The molecule has 0 amide bonds. The number of rotatable bonds is 4. The van der Waals surface area contributed by atoms with Crippen LogP contribution in [-0.2, 0) is 16.0 Å². The number of aliphatic carboxylic acids is 1. The molecule has 0 unspecified atom stereocenters. The van der Waals surface area contributed by atoms with Crippen LogP contribution in [0, 0.1) is 6.92 Å². The monoisotopic (exact) mass is 249 g/mol. The van der Waals surface area contributed by atoms with Crippen LogP contribution in [0.25, 0.3) is 0 Å². The summed E-state index contributed by atoms with van der Waals surface area (Å²) in [5.41, 5.74) is 2.26. The summed E-state index contributed by atoms with van der Waals surface area (Å²) in [5.74, 6) is -0.750. The van der Waals surface area contributed by atoms with Gasteiger partial charge in [0.2, 0.25) is 0 Å². The molecule has 1 aliphatic heterocycles. The Balaban J connectivity index is 2.11. The van der Waals surface area contributed by atoms with Crippen molar-refractivity contribution in [3.63, 3.8) is 0 Å². The largest absolute Gasteiger partial charge is 0.480 e. The lowest BCUT2D eigenvalue weighted by atomic mass is 10.00. The number of aryl methyl sites for hydroxylation is 1. The predicted octanol–water partition coefficient (Wildman–Crippen LogP) is 1.32. The number of ether oxygens (including phenoxy) is 1. The first-order valence-corrected chi connectivity index (χ1v) is 6.27. The fourth-order valence-corrected chi connectivity index (χ4v) is 2.31. The zero-order chi connectivity index (χ0) is 13.0. The number of carboxylic acid groups (broad SMARTS) is 1. The third-order valence-electron chi connectivity index (χ3n) is 3.45. The Morgan fingerprint density at radius 1 is 1.39 bits per heavy atom. The van der Waals surface area contributed by atoms with Crippen molar-refractivity contribution in [2.45, 2.75) is 19.4 Å². The van der Waals surface area contributed by atoms with Crippen molar-refractivity contribution in [2.24, 2.45) is 0 Å². The minimum Gasteiger partial charge on any atom is -0.480 e. The van der Waals surface area contributed by atoms with E-state index in [0.717, 1.165) is 11.1 Å². The number of carbonyl (C=O) groups is 1. The molecule has 98 valence electrons. The molecule has 1 aliphatic rings. The van der Waals surface area contributed by atoms with E-state index >= 15 is 0 Å². The van der Waals surface area contributed by atoms with Crippen molar-refractivity contribution in [2.75, 3.05) is 26.3 Å². The van der Waals surface area contributed by atoms with Gasteiger partial charge in [0.05, 0.1) is 13.2 Å². The summed E-state index contributed by atoms with van der Waals surface area (Å²) in [6.07, 6.45) is 0.558. The zero-order valence-corrected chi connectivity index (χ0v) is 10.6. The van der Waals surface area contributed by atoms with E-state index in [1.807, 2.05) is 36.1 Å². The highest BCUT2D eigenvalue weighted by atomic mass is 16.5. The van der Waals surface area contributed by atoms with Crippen molar-refractivity contribution in [3.8, 4) is 0 Å². The lowest BCUT2D eigenvalue weighted by Crippen LogP contribution is -2.48. The van der Waals surface area contributed by atoms with Crippen LogP contribution < -0.4 is 0 Å². The van der Waals surface area contributed by atoms with Gasteiger partial charge in [0.15, 0.2) is 0 Å². The molecule has 1 aromatic carbocycles. The van der Waals surface area contributed by atoms with E-state index in [1.165, 1.54) is 0 Å². The molecule has 2 rings (SSSR count). The summed E-state index contributed by atoms with van der Waals surface area (Å²) in [5, 5.41) is 9.40. The summed E-state index contributed by atoms with van der Waals surface area (Å²) in [6.45, 7) is 4.66. The first-order valence-electron chi connectivity index (χ1n) is 6.27. The average Bonchev–Trinajstić information content (AvgIpc) is 2.38. The summed E-state index contributed by atoms with van der Waals surface area (Å²) >= 11 is 0. The standard InChI is InChI=1S/C14H19NO3/c1-11-4-2-3-5-12(11)10-13(14(16)17)15-6-8-18-9-7-15/h2-5,13H,6-10H2,1H3,(H,16,17)/t13-/m0/s1. The maximum absolute atomic E-state index is 11.4. The lowest BCUT2D eigenvalue weighted by molar-refractivity contribution is -0.145. The second-order valence-electron chi connectivity index (χ2n) is 4.63. The molecular weight excluding hydrogens is 230 g/mol. The van der Waals surface area contributed by atoms with Crippen LogP contribution in [0.3, 0.4) is 0 Å². The topological polar surface area (TPSA) is 49.8 Å². The van der Waals surface area contributed by atoms with Gasteiger partial charge in [-0.25, -0.2) is 0 Å². The lowest BCUT2D eigenvalue weighted by Gasteiger charge is -2.32. The van der Waals surface area contributed by atoms with Gasteiger partial charge in [0, 0.05) is 13.1 Å². The van der Waals surface area contributed by atoms with Crippen LogP contribution in [0.5, 0.6) is 0 Å². The summed E-state index contributed by atoms with van der Waals surface area (Å²) in [6, 6.07) is 7.51. The van der Waals surface area contributed by atoms with E-state index in [9.17, 15) is 9.90 Å². The molecular formula is C14H19NO3. The highest BCUT2D eigenvalue weighted by Gasteiger charge is 2.27. The Hall–Kier alpha value is -1.39. The zero-order valence-electron chi connectivity index (χ0n) is 10.6. The minimum absolute atomic E-state index is 0.449. The van der Waals surface area contributed by atoms with Crippen molar-refractivity contribution in [3.05, 3.63) is 35.4 Å². The normalized spacial score (nSPS) is 18.5. The summed E-state index contributed by atoms with van der Waals surface area (Å²) in [4.78, 5) is 13.4. The van der Waals surface area contributed by atoms with Gasteiger partial charge in [-0.1, -0.05) is 24.3 Å². The molecule has 1 aromatic rings. The predicted molar refractivity (Wildman–Crippen MR) is 68.7 cm³/mol. The number of carboxylic acids is 1. The van der Waals surface area contributed by atoms with E-state index in [1.54, 1.807) is 0 Å². The highest BCUT2D eigenvalue weighted by molar-refractivity contribution is 5.74. The molecule has 0 aliphatic carbocycles. The maximum atomic E-state index is 11.4. The average molecular weight is 249 g/mol. The van der Waals surface area contributed by atoms with E-state index in [-0.39, 0.29) is 0 Å². The van der Waals surface area contributed by atoms with Crippen LogP contribution >= 0.6 is 0 Å². The quantitative estimate of drug-likeness (QED) is 0.874. The summed E-state index contributed by atoms with van der Waals surface area (Å²) < 4.78 is 5.27. The number of hydrogen-bond acceptors (Lipinski definition) is 3. The maximum Gasteiger partial charge on any atom is 0.321 e. The molecule has 1 heterocycles. The van der Waals surface area contributed by atoms with Crippen LogP contribution in [0.15, 0.2) is 24.3 Å². The van der Waals surface area contributed by atoms with Gasteiger partial charge in [-0.15, -0.1) is 0 Å². The van der Waals surface area contributed by atoms with Crippen molar-refractivity contribution >= 4 is 5.97 Å². The fraction of sp³-hybridized carbons (Fsp3) is 0.500. The SMILES string of the molecule is Cc1ccccc1C[C@@H](C(=O)O)N1CCOCC1. The molecule has 4 nitrogen and oxygen atoms in total. The van der Waals surface area contributed by atoms with E-state index < -0.39 is 12.0 Å². The molecule has 0 spiro atoms. The molecule has 1 fully saturated rings. The number of nitrogens with zero attached hydrogens (tertiary/aromatic N) is 1. The second kappa shape index (κ2) is 5.98. The number of morpholine rings is 1. The molecule has 4 heteroatoms. The van der Waals surface area contributed by atoms with Gasteiger partial charge < -0.3 is 9.84 Å². The van der Waals surface area contributed by atoms with Gasteiger partial charge in [-0.05, 0) is 24.5 Å².